The molecule has 0 spiro atoms. The number of benzene rings is 6. The molecule has 0 radical (unpaired) electrons. The zero-order chi connectivity index (χ0) is 29.7. The Bertz CT molecular complexity index is 2400. The van der Waals surface area contributed by atoms with E-state index in [0.717, 1.165) is 27.8 Å². The van der Waals surface area contributed by atoms with Gasteiger partial charge in [0.05, 0.1) is 28.8 Å². The van der Waals surface area contributed by atoms with E-state index in [-0.39, 0.29) is 0 Å². The van der Waals surface area contributed by atoms with Crippen molar-refractivity contribution in [2.45, 2.75) is 6.54 Å². The number of nitrogens with zero attached hydrogens (tertiary/aromatic N) is 5. The van der Waals surface area contributed by atoms with Crippen LogP contribution in [-0.4, -0.2) is 24.1 Å². The molecule has 0 bridgehead atoms. The average Bonchev–Trinajstić information content (AvgIpc) is 3.62. The highest BCUT2D eigenvalue weighted by molar-refractivity contribution is 6.14. The third-order valence-corrected chi connectivity index (χ3v) is 8.64. The van der Waals surface area contributed by atoms with Gasteiger partial charge in [-0.2, -0.15) is 0 Å². The standard InChI is InChI=1S/C40H27N5/c1-3-14-27(15-4-1)39-41-37(42-40(43-39)28-16-5-2-6-17-28)26-44-33-22-10-7-20-31(33)32-21-13-25-36(38(32)44)45-34-23-11-8-18-29(34)30-19-9-12-24-35(30)45/h1-25H,26H2. The van der Waals surface area contributed by atoms with Gasteiger partial charge < -0.3 is 9.13 Å². The first-order chi connectivity index (χ1) is 22.3. The number of para-hydroxylation sites is 4. The average molecular weight is 578 g/mol. The third kappa shape index (κ3) is 4.13. The largest absolute Gasteiger partial charge is 0.331 e. The Labute approximate surface area is 259 Å². The highest BCUT2D eigenvalue weighted by Gasteiger charge is 2.20. The Hall–Kier alpha value is -6.07. The second-order valence-corrected chi connectivity index (χ2v) is 11.3. The van der Waals surface area contributed by atoms with Gasteiger partial charge in [0.1, 0.15) is 0 Å². The summed E-state index contributed by atoms with van der Waals surface area (Å²) in [6.45, 7) is 0.486. The van der Waals surface area contributed by atoms with Crippen LogP contribution in [0.2, 0.25) is 0 Å². The van der Waals surface area contributed by atoms with Gasteiger partial charge in [-0.05, 0) is 24.3 Å². The Morgan fingerprint density at radius 3 is 1.44 bits per heavy atom. The van der Waals surface area contributed by atoms with Crippen LogP contribution in [0.4, 0.5) is 0 Å². The van der Waals surface area contributed by atoms with Gasteiger partial charge in [-0.3, -0.25) is 0 Å². The van der Waals surface area contributed by atoms with E-state index < -0.39 is 0 Å². The molecule has 0 aliphatic rings. The summed E-state index contributed by atoms with van der Waals surface area (Å²) >= 11 is 0. The summed E-state index contributed by atoms with van der Waals surface area (Å²) in [7, 11) is 0. The van der Waals surface area contributed by atoms with E-state index in [0.29, 0.717) is 24.0 Å². The van der Waals surface area contributed by atoms with Crippen molar-refractivity contribution in [2.24, 2.45) is 0 Å². The fraction of sp³-hybridized carbons (Fsp3) is 0.0250. The molecule has 0 atom stereocenters. The lowest BCUT2D eigenvalue weighted by Gasteiger charge is -2.14. The second-order valence-electron chi connectivity index (χ2n) is 11.3. The highest BCUT2D eigenvalue weighted by Crippen LogP contribution is 2.38. The Morgan fingerprint density at radius 1 is 0.400 bits per heavy atom. The lowest BCUT2D eigenvalue weighted by molar-refractivity contribution is 0.784. The molecule has 6 aromatic carbocycles. The summed E-state index contributed by atoms with van der Waals surface area (Å²) in [5.74, 6) is 2.05. The van der Waals surface area contributed by atoms with Gasteiger partial charge in [0.2, 0.25) is 0 Å². The molecule has 0 unspecified atom stereocenters. The summed E-state index contributed by atoms with van der Waals surface area (Å²) in [4.78, 5) is 15.0. The van der Waals surface area contributed by atoms with Gasteiger partial charge in [-0.15, -0.1) is 0 Å². The van der Waals surface area contributed by atoms with E-state index >= 15 is 0 Å². The number of rotatable bonds is 5. The third-order valence-electron chi connectivity index (χ3n) is 8.64. The van der Waals surface area contributed by atoms with E-state index in [4.69, 9.17) is 15.0 Å². The Kier molecular flexibility index (Phi) is 5.81. The molecule has 3 heterocycles. The molecule has 9 rings (SSSR count). The predicted molar refractivity (Wildman–Crippen MR) is 184 cm³/mol. The number of hydrogen-bond donors (Lipinski definition) is 0. The van der Waals surface area contributed by atoms with Gasteiger partial charge in [0, 0.05) is 38.2 Å². The summed E-state index contributed by atoms with van der Waals surface area (Å²) < 4.78 is 4.78. The first-order valence-electron chi connectivity index (χ1n) is 15.2. The lowest BCUT2D eigenvalue weighted by Crippen LogP contribution is -2.09. The highest BCUT2D eigenvalue weighted by atomic mass is 15.1. The quantitative estimate of drug-likeness (QED) is 0.205. The molecule has 0 N–H and O–H groups in total. The molecule has 0 fully saturated rings. The van der Waals surface area contributed by atoms with Crippen molar-refractivity contribution in [2.75, 3.05) is 0 Å². The van der Waals surface area contributed by atoms with Gasteiger partial charge in [0.25, 0.3) is 0 Å². The van der Waals surface area contributed by atoms with Crippen LogP contribution in [0.3, 0.4) is 0 Å². The molecule has 0 aliphatic heterocycles. The molecule has 9 aromatic rings. The van der Waals surface area contributed by atoms with Crippen molar-refractivity contribution in [1.82, 2.24) is 24.1 Å². The van der Waals surface area contributed by atoms with Crippen molar-refractivity contribution in [3.05, 3.63) is 157 Å². The molecular weight excluding hydrogens is 550 g/mol. The normalized spacial score (nSPS) is 11.6. The molecule has 5 nitrogen and oxygen atoms in total. The maximum absolute atomic E-state index is 5.06. The molecule has 5 heteroatoms. The van der Waals surface area contributed by atoms with E-state index in [9.17, 15) is 0 Å². The van der Waals surface area contributed by atoms with Crippen molar-refractivity contribution in [3.8, 4) is 28.5 Å². The van der Waals surface area contributed by atoms with Crippen molar-refractivity contribution >= 4 is 43.6 Å². The smallest absolute Gasteiger partial charge is 0.163 e. The minimum absolute atomic E-state index is 0.486. The van der Waals surface area contributed by atoms with Crippen LogP contribution < -0.4 is 0 Å². The van der Waals surface area contributed by atoms with Crippen LogP contribution >= 0.6 is 0 Å². The minimum Gasteiger partial charge on any atom is -0.331 e. The van der Waals surface area contributed by atoms with Gasteiger partial charge >= 0.3 is 0 Å². The SMILES string of the molecule is c1ccc(-c2nc(Cn3c4ccccc4c4cccc(-n5c6ccccc6c6ccccc65)c43)nc(-c3ccccc3)n2)cc1. The fourth-order valence-corrected chi connectivity index (χ4v) is 6.68. The van der Waals surface area contributed by atoms with Crippen molar-refractivity contribution < 1.29 is 0 Å². The minimum atomic E-state index is 0.486. The Balaban J connectivity index is 1.32. The molecule has 0 aliphatic carbocycles. The van der Waals surface area contributed by atoms with Crippen LogP contribution in [-0.2, 0) is 6.54 Å². The first-order valence-corrected chi connectivity index (χ1v) is 15.2. The molecular formula is C40H27N5. The van der Waals surface area contributed by atoms with Crippen molar-refractivity contribution in [1.29, 1.82) is 0 Å². The van der Waals surface area contributed by atoms with E-state index in [1.54, 1.807) is 0 Å². The first kappa shape index (κ1) is 25.4. The number of aromatic nitrogens is 5. The lowest BCUT2D eigenvalue weighted by atomic mass is 10.1. The summed E-state index contributed by atoms with van der Waals surface area (Å²) in [6, 6.07) is 52.9. The van der Waals surface area contributed by atoms with E-state index in [1.165, 1.54) is 32.6 Å². The predicted octanol–water partition coefficient (Wildman–Crippen LogP) is 9.46. The summed E-state index contributed by atoms with van der Waals surface area (Å²) in [6.07, 6.45) is 0. The second kappa shape index (κ2) is 10.3. The van der Waals surface area contributed by atoms with Crippen molar-refractivity contribution in [3.63, 3.8) is 0 Å². The molecule has 0 amide bonds. The molecule has 0 saturated heterocycles. The fourth-order valence-electron chi connectivity index (χ4n) is 6.68. The van der Waals surface area contributed by atoms with Crippen LogP contribution in [0.25, 0.3) is 72.1 Å². The zero-order valence-corrected chi connectivity index (χ0v) is 24.4. The summed E-state index contributed by atoms with van der Waals surface area (Å²) in [5.41, 5.74) is 7.71. The van der Waals surface area contributed by atoms with Crippen LogP contribution in [0.1, 0.15) is 5.82 Å². The Morgan fingerprint density at radius 2 is 0.867 bits per heavy atom. The molecule has 0 saturated carbocycles. The molecule has 3 aromatic heterocycles. The molecule has 45 heavy (non-hydrogen) atoms. The number of hydrogen-bond acceptors (Lipinski definition) is 3. The number of fused-ring (bicyclic) bond motifs is 6. The van der Waals surface area contributed by atoms with Crippen LogP contribution in [0.5, 0.6) is 0 Å². The molecule has 212 valence electrons. The van der Waals surface area contributed by atoms with E-state index in [1.807, 2.05) is 36.4 Å². The topological polar surface area (TPSA) is 48.5 Å². The monoisotopic (exact) mass is 577 g/mol. The zero-order valence-electron chi connectivity index (χ0n) is 24.4. The van der Waals surface area contributed by atoms with Gasteiger partial charge in [-0.25, -0.2) is 15.0 Å². The van der Waals surface area contributed by atoms with Crippen LogP contribution in [0, 0.1) is 0 Å². The maximum Gasteiger partial charge on any atom is 0.163 e. The van der Waals surface area contributed by atoms with Gasteiger partial charge in [0.15, 0.2) is 17.5 Å². The summed E-state index contributed by atoms with van der Waals surface area (Å²) in [5, 5.41) is 4.89. The van der Waals surface area contributed by atoms with E-state index in [2.05, 4.69) is 124 Å². The van der Waals surface area contributed by atoms with Gasteiger partial charge in [-0.1, -0.05) is 127 Å². The maximum atomic E-state index is 5.06. The van der Waals surface area contributed by atoms with Crippen LogP contribution in [0.15, 0.2) is 152 Å².